The van der Waals surface area contributed by atoms with Crippen molar-refractivity contribution in [2.24, 2.45) is 5.73 Å². The molecule has 0 radical (unpaired) electrons. The number of hydrogen-bond donors (Lipinski definition) is 2. The molecule has 1 fully saturated rings. The van der Waals surface area contributed by atoms with Gasteiger partial charge in [0.15, 0.2) is 0 Å². The van der Waals surface area contributed by atoms with Crippen LogP contribution in [0.1, 0.15) is 29.8 Å². The monoisotopic (exact) mass is 278 g/mol. The first kappa shape index (κ1) is 14.2. The number of pyridine rings is 1. The standard InChI is InChI=1S/C14H22N4S/c1-10-9-12(13(14(15)19)11(2)17-10)16-5-8-18-6-3-4-7-18/h9H,3-8H2,1-2H3,(H2,15,19)(H,16,17). The lowest BCUT2D eigenvalue weighted by Gasteiger charge is -2.18. The first-order valence-corrected chi connectivity index (χ1v) is 7.23. The summed E-state index contributed by atoms with van der Waals surface area (Å²) in [5.41, 5.74) is 9.57. The zero-order valence-corrected chi connectivity index (χ0v) is 12.5. The van der Waals surface area contributed by atoms with Gasteiger partial charge in [0.05, 0.1) is 5.56 Å². The molecule has 0 spiro atoms. The number of aromatic nitrogens is 1. The second-order valence-electron chi connectivity index (χ2n) is 5.11. The lowest BCUT2D eigenvalue weighted by molar-refractivity contribution is 0.352. The molecule has 0 aliphatic carbocycles. The van der Waals surface area contributed by atoms with Crippen LogP contribution in [0.2, 0.25) is 0 Å². The Balaban J connectivity index is 2.03. The molecule has 0 atom stereocenters. The van der Waals surface area contributed by atoms with E-state index < -0.39 is 0 Å². The van der Waals surface area contributed by atoms with Gasteiger partial charge < -0.3 is 16.0 Å². The van der Waals surface area contributed by atoms with Crippen LogP contribution in [0.5, 0.6) is 0 Å². The van der Waals surface area contributed by atoms with E-state index in [1.807, 2.05) is 19.9 Å². The molecule has 1 saturated heterocycles. The highest BCUT2D eigenvalue weighted by Gasteiger charge is 2.13. The number of likely N-dealkylation sites (tertiary alicyclic amines) is 1. The highest BCUT2D eigenvalue weighted by molar-refractivity contribution is 7.80. The smallest absolute Gasteiger partial charge is 0.107 e. The fourth-order valence-corrected chi connectivity index (χ4v) is 2.89. The van der Waals surface area contributed by atoms with Crippen LogP contribution >= 0.6 is 12.2 Å². The number of hydrogen-bond acceptors (Lipinski definition) is 4. The van der Waals surface area contributed by atoms with Crippen molar-refractivity contribution in [3.05, 3.63) is 23.0 Å². The van der Waals surface area contributed by atoms with E-state index in [1.165, 1.54) is 25.9 Å². The SMILES string of the molecule is Cc1cc(NCCN2CCCC2)c(C(N)=S)c(C)n1. The maximum atomic E-state index is 5.80. The highest BCUT2D eigenvalue weighted by atomic mass is 32.1. The predicted molar refractivity (Wildman–Crippen MR) is 83.8 cm³/mol. The van der Waals surface area contributed by atoms with E-state index >= 15 is 0 Å². The molecular weight excluding hydrogens is 256 g/mol. The van der Waals surface area contributed by atoms with Gasteiger partial charge in [-0.1, -0.05) is 12.2 Å². The molecule has 19 heavy (non-hydrogen) atoms. The van der Waals surface area contributed by atoms with E-state index in [0.717, 1.165) is 35.7 Å². The topological polar surface area (TPSA) is 54.2 Å². The zero-order valence-electron chi connectivity index (χ0n) is 11.7. The number of thiocarbonyl (C=S) groups is 1. The average Bonchev–Trinajstić information content (AvgIpc) is 2.80. The Morgan fingerprint density at radius 2 is 2.11 bits per heavy atom. The van der Waals surface area contributed by atoms with Crippen LogP contribution in [0.25, 0.3) is 0 Å². The molecule has 0 unspecified atom stereocenters. The summed E-state index contributed by atoms with van der Waals surface area (Å²) < 4.78 is 0. The largest absolute Gasteiger partial charge is 0.389 e. The van der Waals surface area contributed by atoms with E-state index in [2.05, 4.69) is 15.2 Å². The molecule has 2 heterocycles. The molecule has 0 bridgehead atoms. The van der Waals surface area contributed by atoms with Crippen molar-refractivity contribution in [1.29, 1.82) is 0 Å². The molecule has 0 amide bonds. The minimum absolute atomic E-state index is 0.411. The van der Waals surface area contributed by atoms with Crippen molar-refractivity contribution in [2.45, 2.75) is 26.7 Å². The van der Waals surface area contributed by atoms with Gasteiger partial charge in [0, 0.05) is 30.2 Å². The van der Waals surface area contributed by atoms with Crippen molar-refractivity contribution in [3.8, 4) is 0 Å². The third-order valence-corrected chi connectivity index (χ3v) is 3.72. The van der Waals surface area contributed by atoms with E-state index in [1.54, 1.807) is 0 Å². The van der Waals surface area contributed by atoms with E-state index in [4.69, 9.17) is 18.0 Å². The minimum atomic E-state index is 0.411. The molecule has 4 nitrogen and oxygen atoms in total. The highest BCUT2D eigenvalue weighted by Crippen LogP contribution is 2.19. The van der Waals surface area contributed by atoms with Crippen LogP contribution in [0.3, 0.4) is 0 Å². The lowest BCUT2D eigenvalue weighted by atomic mass is 10.1. The number of nitrogens with zero attached hydrogens (tertiary/aromatic N) is 2. The van der Waals surface area contributed by atoms with Crippen molar-refractivity contribution in [3.63, 3.8) is 0 Å². The molecule has 1 aliphatic heterocycles. The number of aryl methyl sites for hydroxylation is 2. The maximum absolute atomic E-state index is 5.80. The number of anilines is 1. The summed E-state index contributed by atoms with van der Waals surface area (Å²) in [6, 6.07) is 2.02. The quantitative estimate of drug-likeness (QED) is 0.805. The summed E-state index contributed by atoms with van der Waals surface area (Å²) in [6.45, 7) is 8.36. The Bertz CT molecular complexity index is 467. The third-order valence-electron chi connectivity index (χ3n) is 3.52. The molecule has 104 valence electrons. The first-order valence-electron chi connectivity index (χ1n) is 6.82. The number of nitrogens with two attached hydrogens (primary N) is 1. The molecule has 1 aromatic rings. The Kier molecular flexibility index (Phi) is 4.71. The Morgan fingerprint density at radius 1 is 1.42 bits per heavy atom. The summed E-state index contributed by atoms with van der Waals surface area (Å²) in [6.07, 6.45) is 2.65. The molecule has 0 saturated carbocycles. The first-order chi connectivity index (χ1) is 9.08. The van der Waals surface area contributed by atoms with E-state index in [0.29, 0.717) is 4.99 Å². The van der Waals surface area contributed by atoms with E-state index in [-0.39, 0.29) is 0 Å². The average molecular weight is 278 g/mol. The number of rotatable bonds is 5. The van der Waals surface area contributed by atoms with Gasteiger partial charge in [0.1, 0.15) is 4.99 Å². The van der Waals surface area contributed by atoms with Gasteiger partial charge in [-0.05, 0) is 45.8 Å². The van der Waals surface area contributed by atoms with Crippen LogP contribution in [0, 0.1) is 13.8 Å². The minimum Gasteiger partial charge on any atom is -0.389 e. The van der Waals surface area contributed by atoms with E-state index in [9.17, 15) is 0 Å². The zero-order chi connectivity index (χ0) is 13.8. The van der Waals surface area contributed by atoms with Crippen LogP contribution in [0.15, 0.2) is 6.07 Å². The van der Waals surface area contributed by atoms with Crippen LogP contribution in [0.4, 0.5) is 5.69 Å². The van der Waals surface area contributed by atoms with Crippen LogP contribution in [-0.2, 0) is 0 Å². The normalized spacial score (nSPS) is 15.7. The summed E-state index contributed by atoms with van der Waals surface area (Å²) in [5, 5.41) is 3.45. The van der Waals surface area contributed by atoms with Gasteiger partial charge in [-0.25, -0.2) is 0 Å². The van der Waals surface area contributed by atoms with Crippen LogP contribution in [-0.4, -0.2) is 41.1 Å². The summed E-state index contributed by atoms with van der Waals surface area (Å²) >= 11 is 5.13. The Morgan fingerprint density at radius 3 is 2.74 bits per heavy atom. The second-order valence-corrected chi connectivity index (χ2v) is 5.55. The van der Waals surface area contributed by atoms with Crippen molar-refractivity contribution < 1.29 is 0 Å². The lowest BCUT2D eigenvalue weighted by Crippen LogP contribution is -2.27. The summed E-state index contributed by atoms with van der Waals surface area (Å²) in [4.78, 5) is 7.31. The van der Waals surface area contributed by atoms with Gasteiger partial charge in [0.2, 0.25) is 0 Å². The number of nitrogens with one attached hydrogen (secondary N) is 1. The molecule has 3 N–H and O–H groups in total. The Hall–Kier alpha value is -1.20. The second kappa shape index (κ2) is 6.30. The molecule has 1 aliphatic rings. The van der Waals surface area contributed by atoms with Crippen molar-refractivity contribution in [2.75, 3.05) is 31.5 Å². The third kappa shape index (κ3) is 3.64. The van der Waals surface area contributed by atoms with Gasteiger partial charge in [-0.15, -0.1) is 0 Å². The molecule has 1 aromatic heterocycles. The van der Waals surface area contributed by atoms with Gasteiger partial charge in [-0.3, -0.25) is 4.98 Å². The Labute approximate surface area is 120 Å². The van der Waals surface area contributed by atoms with Gasteiger partial charge in [-0.2, -0.15) is 0 Å². The molecule has 0 aromatic carbocycles. The fourth-order valence-electron chi connectivity index (χ4n) is 2.63. The van der Waals surface area contributed by atoms with Gasteiger partial charge in [0.25, 0.3) is 0 Å². The summed E-state index contributed by atoms with van der Waals surface area (Å²) in [7, 11) is 0. The van der Waals surface area contributed by atoms with Gasteiger partial charge >= 0.3 is 0 Å². The van der Waals surface area contributed by atoms with Crippen molar-refractivity contribution in [1.82, 2.24) is 9.88 Å². The summed E-state index contributed by atoms with van der Waals surface area (Å²) in [5.74, 6) is 0. The fraction of sp³-hybridized carbons (Fsp3) is 0.571. The maximum Gasteiger partial charge on any atom is 0.107 e. The molecule has 2 rings (SSSR count). The molecular formula is C14H22N4S. The molecule has 5 heteroatoms. The van der Waals surface area contributed by atoms with Crippen molar-refractivity contribution >= 4 is 22.9 Å². The predicted octanol–water partition coefficient (Wildman–Crippen LogP) is 1.84. The van der Waals surface area contributed by atoms with Crippen LogP contribution < -0.4 is 11.1 Å².